The van der Waals surface area contributed by atoms with Gasteiger partial charge in [-0.2, -0.15) is 0 Å². The predicted molar refractivity (Wildman–Crippen MR) is 201 cm³/mol. The molecule has 0 atom stereocenters. The third-order valence-corrected chi connectivity index (χ3v) is 12.0. The Morgan fingerprint density at radius 2 is 0.915 bits per heavy atom. The van der Waals surface area contributed by atoms with Gasteiger partial charge in [-0.3, -0.25) is 0 Å². The van der Waals surface area contributed by atoms with E-state index < -0.39 is 0 Å². The molecule has 0 amide bonds. The smallest absolute Gasteiger partial charge is 0.0159 e. The lowest BCUT2D eigenvalue weighted by atomic mass is 9.77. The standard InChI is InChI=1S/C47H34/c1-47(2)41-25-33(35-19-13-31-11-9-27-5-3-7-29-15-23-39(35)45(31)43(27)29)17-21-37(41)38-22-18-34(26-42(38)47)36-20-14-32-12-10-28-6-4-8-30-16-24-40(36)46(32)44(28)30/h3-6,9-22,25-26H,7-8,23-24H2,1-2H3. The SMILES string of the molecule is CC1(C)c2cc(-c3ccc4ccc5c6c4c3CC=C6CC=C5)ccc2-c2ccc(-c3ccc4ccc5c6c4c3CC=C6CC=C5)cc21. The molecule has 0 unspecified atom stereocenters. The van der Waals surface area contributed by atoms with Crippen LogP contribution in [0.4, 0.5) is 0 Å². The van der Waals surface area contributed by atoms with Crippen LogP contribution in [0.25, 0.3) is 78.2 Å². The number of rotatable bonds is 2. The van der Waals surface area contributed by atoms with Crippen molar-refractivity contribution in [1.29, 1.82) is 0 Å². The van der Waals surface area contributed by atoms with E-state index in [-0.39, 0.29) is 5.41 Å². The molecule has 0 radical (unpaired) electrons. The lowest BCUT2D eigenvalue weighted by molar-refractivity contribution is 0.661. The Morgan fingerprint density at radius 1 is 0.468 bits per heavy atom. The van der Waals surface area contributed by atoms with Crippen molar-refractivity contribution in [2.45, 2.75) is 44.9 Å². The summed E-state index contributed by atoms with van der Waals surface area (Å²) in [6.07, 6.45) is 18.3. The zero-order valence-corrected chi connectivity index (χ0v) is 26.9. The van der Waals surface area contributed by atoms with Crippen LogP contribution < -0.4 is 0 Å². The van der Waals surface area contributed by atoms with Gasteiger partial charge in [-0.25, -0.2) is 0 Å². The summed E-state index contributed by atoms with van der Waals surface area (Å²) in [5.41, 5.74) is 22.6. The van der Waals surface area contributed by atoms with Crippen molar-refractivity contribution in [1.82, 2.24) is 0 Å². The van der Waals surface area contributed by atoms with Gasteiger partial charge in [-0.05, 0) is 148 Å². The Kier molecular flexibility index (Phi) is 4.96. The topological polar surface area (TPSA) is 0 Å². The first-order valence-corrected chi connectivity index (χ1v) is 17.2. The monoisotopic (exact) mass is 598 g/mol. The highest BCUT2D eigenvalue weighted by Gasteiger charge is 2.36. The Balaban J connectivity index is 1.04. The van der Waals surface area contributed by atoms with E-state index in [1.54, 1.807) is 0 Å². The van der Waals surface area contributed by atoms with Crippen molar-refractivity contribution in [2.75, 3.05) is 0 Å². The second kappa shape index (κ2) is 8.99. The molecule has 0 heteroatoms. The van der Waals surface area contributed by atoms with Crippen LogP contribution in [-0.4, -0.2) is 0 Å². The van der Waals surface area contributed by atoms with E-state index in [0.29, 0.717) is 0 Å². The van der Waals surface area contributed by atoms with E-state index in [0.717, 1.165) is 25.7 Å². The van der Waals surface area contributed by atoms with Gasteiger partial charge in [-0.1, -0.05) is 123 Å². The summed E-state index contributed by atoms with van der Waals surface area (Å²) in [5.74, 6) is 0. The fourth-order valence-corrected chi connectivity index (χ4v) is 9.67. The summed E-state index contributed by atoms with van der Waals surface area (Å²) in [4.78, 5) is 0. The predicted octanol–water partition coefficient (Wildman–Crippen LogP) is 12.3. The van der Waals surface area contributed by atoms with Crippen LogP contribution in [0.5, 0.6) is 0 Å². The zero-order valence-electron chi connectivity index (χ0n) is 26.9. The van der Waals surface area contributed by atoms with Crippen LogP contribution in [0, 0.1) is 0 Å². The molecule has 0 saturated carbocycles. The second-order valence-corrected chi connectivity index (χ2v) is 14.7. The Hall–Kier alpha value is -5.20. The van der Waals surface area contributed by atoms with Gasteiger partial charge < -0.3 is 0 Å². The maximum atomic E-state index is 2.51. The average molecular weight is 599 g/mol. The van der Waals surface area contributed by atoms with Crippen molar-refractivity contribution in [2.24, 2.45) is 0 Å². The van der Waals surface area contributed by atoms with Crippen LogP contribution in [0.2, 0.25) is 0 Å². The summed E-state index contributed by atoms with van der Waals surface area (Å²) in [7, 11) is 0. The molecule has 0 bridgehead atoms. The van der Waals surface area contributed by atoms with E-state index >= 15 is 0 Å². The number of hydrogen-bond donors (Lipinski definition) is 0. The molecule has 47 heavy (non-hydrogen) atoms. The Labute approximate surface area is 276 Å². The molecule has 5 aliphatic carbocycles. The summed E-state index contributed by atoms with van der Waals surface area (Å²) in [5, 5.41) is 5.66. The van der Waals surface area contributed by atoms with Crippen molar-refractivity contribution >= 4 is 44.8 Å². The van der Waals surface area contributed by atoms with Gasteiger partial charge in [0.05, 0.1) is 0 Å². The quantitative estimate of drug-likeness (QED) is 0.186. The van der Waals surface area contributed by atoms with E-state index in [4.69, 9.17) is 0 Å². The minimum Gasteiger partial charge on any atom is -0.0795 e. The van der Waals surface area contributed by atoms with Crippen molar-refractivity contribution < 1.29 is 0 Å². The summed E-state index contributed by atoms with van der Waals surface area (Å²) < 4.78 is 0. The Bertz CT molecular complexity index is 2400. The second-order valence-electron chi connectivity index (χ2n) is 14.7. The van der Waals surface area contributed by atoms with E-state index in [9.17, 15) is 0 Å². The largest absolute Gasteiger partial charge is 0.0795 e. The number of fused-ring (bicyclic) bond motifs is 3. The highest BCUT2D eigenvalue weighted by Crippen LogP contribution is 2.52. The third-order valence-electron chi connectivity index (χ3n) is 12.0. The maximum Gasteiger partial charge on any atom is 0.0159 e. The molecule has 0 heterocycles. The van der Waals surface area contributed by atoms with E-state index in [1.807, 2.05) is 0 Å². The summed E-state index contributed by atoms with van der Waals surface area (Å²) in [6, 6.07) is 33.2. The summed E-state index contributed by atoms with van der Waals surface area (Å²) in [6.45, 7) is 4.85. The number of benzene rings is 6. The molecule has 0 saturated heterocycles. The van der Waals surface area contributed by atoms with Crippen LogP contribution in [0.15, 0.2) is 109 Å². The molecular weight excluding hydrogens is 565 g/mol. The minimum absolute atomic E-state index is 0.0904. The van der Waals surface area contributed by atoms with Crippen molar-refractivity contribution in [3.8, 4) is 33.4 Å². The molecule has 5 aliphatic rings. The van der Waals surface area contributed by atoms with Gasteiger partial charge >= 0.3 is 0 Å². The number of allylic oxidation sites excluding steroid dienone is 6. The zero-order chi connectivity index (χ0) is 31.0. The van der Waals surface area contributed by atoms with E-state index in [2.05, 4.69) is 135 Å². The van der Waals surface area contributed by atoms with E-state index in [1.165, 1.54) is 111 Å². The van der Waals surface area contributed by atoms with Crippen molar-refractivity contribution in [3.63, 3.8) is 0 Å². The molecular formula is C47H34. The first kappa shape index (κ1) is 25.9. The fraction of sp³-hybridized carbons (Fsp3) is 0.149. The van der Waals surface area contributed by atoms with Crippen LogP contribution >= 0.6 is 0 Å². The van der Waals surface area contributed by atoms with Crippen LogP contribution in [0.3, 0.4) is 0 Å². The molecule has 6 aromatic rings. The molecule has 11 rings (SSSR count). The average Bonchev–Trinajstić information content (AvgIpc) is 3.34. The lowest BCUT2D eigenvalue weighted by Gasteiger charge is -2.26. The minimum atomic E-state index is -0.0904. The number of hydrogen-bond acceptors (Lipinski definition) is 0. The first-order valence-electron chi connectivity index (χ1n) is 17.2. The maximum absolute atomic E-state index is 2.51. The van der Waals surface area contributed by atoms with Gasteiger partial charge in [-0.15, -0.1) is 0 Å². The molecule has 0 spiro atoms. The van der Waals surface area contributed by atoms with Gasteiger partial charge in [0.15, 0.2) is 0 Å². The van der Waals surface area contributed by atoms with Gasteiger partial charge in [0, 0.05) is 5.41 Å². The highest BCUT2D eigenvalue weighted by molar-refractivity contribution is 6.07. The molecule has 0 N–H and O–H groups in total. The van der Waals surface area contributed by atoms with Gasteiger partial charge in [0.2, 0.25) is 0 Å². The van der Waals surface area contributed by atoms with Crippen molar-refractivity contribution in [3.05, 3.63) is 154 Å². The van der Waals surface area contributed by atoms with Crippen LogP contribution in [0.1, 0.15) is 71.2 Å². The lowest BCUT2D eigenvalue weighted by Crippen LogP contribution is -2.15. The fourth-order valence-electron chi connectivity index (χ4n) is 9.67. The molecule has 0 fully saturated rings. The van der Waals surface area contributed by atoms with Gasteiger partial charge in [0.25, 0.3) is 0 Å². The highest BCUT2D eigenvalue weighted by atomic mass is 14.4. The normalized spacial score (nSPS) is 17.1. The summed E-state index contributed by atoms with van der Waals surface area (Å²) >= 11 is 0. The molecule has 0 aromatic heterocycles. The first-order chi connectivity index (χ1) is 23.0. The van der Waals surface area contributed by atoms with Gasteiger partial charge in [0.1, 0.15) is 0 Å². The Morgan fingerprint density at radius 3 is 1.40 bits per heavy atom. The molecule has 6 aromatic carbocycles. The molecule has 0 aliphatic heterocycles. The molecule has 0 nitrogen and oxygen atoms in total. The third kappa shape index (κ3) is 3.38. The molecule has 222 valence electrons. The van der Waals surface area contributed by atoms with Crippen LogP contribution in [-0.2, 0) is 18.3 Å².